The SMILES string of the molecule is COc1cc2ccc(CCC(=O)O)nc2cc1Cl. The van der Waals surface area contributed by atoms with Crippen molar-refractivity contribution in [2.24, 2.45) is 0 Å². The molecule has 2 aromatic rings. The van der Waals surface area contributed by atoms with Crippen molar-refractivity contribution >= 4 is 28.5 Å². The van der Waals surface area contributed by atoms with Gasteiger partial charge in [0, 0.05) is 17.5 Å². The minimum atomic E-state index is -0.829. The molecular weight excluding hydrogens is 254 g/mol. The molecule has 0 saturated carbocycles. The predicted octanol–water partition coefficient (Wildman–Crippen LogP) is 2.91. The van der Waals surface area contributed by atoms with Crippen molar-refractivity contribution in [2.75, 3.05) is 7.11 Å². The van der Waals surface area contributed by atoms with Crippen LogP contribution in [0.15, 0.2) is 24.3 Å². The number of methoxy groups -OCH3 is 1. The standard InChI is InChI=1S/C13H12ClNO3/c1-18-12-6-8-2-3-9(4-5-13(16)17)15-11(8)7-10(12)14/h2-3,6-7H,4-5H2,1H3,(H,16,17). The molecule has 1 N–H and O–H groups in total. The molecule has 0 spiro atoms. The maximum absolute atomic E-state index is 10.5. The summed E-state index contributed by atoms with van der Waals surface area (Å²) in [4.78, 5) is 14.9. The summed E-state index contributed by atoms with van der Waals surface area (Å²) in [5.41, 5.74) is 1.48. The Morgan fingerprint density at radius 3 is 2.89 bits per heavy atom. The van der Waals surface area contributed by atoms with E-state index in [0.717, 1.165) is 16.6 Å². The van der Waals surface area contributed by atoms with Crippen molar-refractivity contribution in [2.45, 2.75) is 12.8 Å². The van der Waals surface area contributed by atoms with Crippen molar-refractivity contribution in [3.63, 3.8) is 0 Å². The smallest absolute Gasteiger partial charge is 0.303 e. The molecule has 0 radical (unpaired) electrons. The molecular formula is C13H12ClNO3. The molecule has 0 aliphatic carbocycles. The Hall–Kier alpha value is -1.81. The minimum absolute atomic E-state index is 0.0718. The highest BCUT2D eigenvalue weighted by Crippen LogP contribution is 2.29. The number of hydrogen-bond acceptors (Lipinski definition) is 3. The third-order valence-corrected chi connectivity index (χ3v) is 2.91. The quantitative estimate of drug-likeness (QED) is 0.923. The lowest BCUT2D eigenvalue weighted by atomic mass is 10.1. The molecule has 0 saturated heterocycles. The van der Waals surface area contributed by atoms with Gasteiger partial charge in [-0.1, -0.05) is 17.7 Å². The zero-order valence-electron chi connectivity index (χ0n) is 9.81. The molecule has 94 valence electrons. The first-order valence-electron chi connectivity index (χ1n) is 5.45. The van der Waals surface area contributed by atoms with Crippen molar-refractivity contribution in [3.8, 4) is 5.75 Å². The zero-order chi connectivity index (χ0) is 13.1. The van der Waals surface area contributed by atoms with Crippen LogP contribution in [-0.4, -0.2) is 23.2 Å². The number of aryl methyl sites for hydroxylation is 1. The summed E-state index contributed by atoms with van der Waals surface area (Å²) in [6, 6.07) is 7.24. The maximum atomic E-state index is 10.5. The number of carboxylic acid groups (broad SMARTS) is 1. The highest BCUT2D eigenvalue weighted by Gasteiger charge is 2.06. The predicted molar refractivity (Wildman–Crippen MR) is 69.3 cm³/mol. The van der Waals surface area contributed by atoms with Crippen molar-refractivity contribution in [3.05, 3.63) is 35.0 Å². The number of rotatable bonds is 4. The van der Waals surface area contributed by atoms with Gasteiger partial charge in [-0.3, -0.25) is 9.78 Å². The summed E-state index contributed by atoms with van der Waals surface area (Å²) in [6.07, 6.45) is 0.483. The third-order valence-electron chi connectivity index (χ3n) is 2.62. The van der Waals surface area contributed by atoms with E-state index in [4.69, 9.17) is 21.4 Å². The van der Waals surface area contributed by atoms with Gasteiger partial charge >= 0.3 is 5.97 Å². The molecule has 0 aliphatic heterocycles. The van der Waals surface area contributed by atoms with Gasteiger partial charge < -0.3 is 9.84 Å². The molecule has 0 atom stereocenters. The minimum Gasteiger partial charge on any atom is -0.495 e. The van der Waals surface area contributed by atoms with Crippen LogP contribution < -0.4 is 4.74 Å². The van der Waals surface area contributed by atoms with Gasteiger partial charge in [-0.15, -0.1) is 0 Å². The summed E-state index contributed by atoms with van der Waals surface area (Å²) in [5.74, 6) is -0.228. The van der Waals surface area contributed by atoms with E-state index >= 15 is 0 Å². The molecule has 5 heteroatoms. The van der Waals surface area contributed by atoms with Crippen LogP contribution in [0.25, 0.3) is 10.9 Å². The fraction of sp³-hybridized carbons (Fsp3) is 0.231. The van der Waals surface area contributed by atoms with Crippen LogP contribution in [0.4, 0.5) is 0 Å². The summed E-state index contributed by atoms with van der Waals surface area (Å²) in [7, 11) is 1.56. The number of aromatic nitrogens is 1. The van der Waals surface area contributed by atoms with Gasteiger partial charge in [0.25, 0.3) is 0 Å². The number of aliphatic carboxylic acids is 1. The lowest BCUT2D eigenvalue weighted by molar-refractivity contribution is -0.136. The van der Waals surface area contributed by atoms with Gasteiger partial charge in [-0.25, -0.2) is 0 Å². The number of carbonyl (C=O) groups is 1. The normalized spacial score (nSPS) is 10.6. The molecule has 0 unspecified atom stereocenters. The van der Waals surface area contributed by atoms with E-state index in [0.29, 0.717) is 17.2 Å². The second-order valence-corrected chi connectivity index (χ2v) is 4.28. The van der Waals surface area contributed by atoms with Gasteiger partial charge in [0.1, 0.15) is 5.75 Å². The van der Waals surface area contributed by atoms with E-state index < -0.39 is 5.97 Å². The monoisotopic (exact) mass is 265 g/mol. The zero-order valence-corrected chi connectivity index (χ0v) is 10.6. The molecule has 1 aromatic heterocycles. The number of ether oxygens (including phenoxy) is 1. The molecule has 1 heterocycles. The van der Waals surface area contributed by atoms with Crippen LogP contribution in [0.3, 0.4) is 0 Å². The van der Waals surface area contributed by atoms with Gasteiger partial charge in [-0.05, 0) is 18.2 Å². The average Bonchev–Trinajstić information content (AvgIpc) is 2.35. The third kappa shape index (κ3) is 2.71. The van der Waals surface area contributed by atoms with E-state index in [9.17, 15) is 4.79 Å². The Balaban J connectivity index is 2.36. The number of nitrogens with zero attached hydrogens (tertiary/aromatic N) is 1. The summed E-state index contributed by atoms with van der Waals surface area (Å²) < 4.78 is 5.12. The number of hydrogen-bond donors (Lipinski definition) is 1. The summed E-state index contributed by atoms with van der Waals surface area (Å²) in [6.45, 7) is 0. The number of fused-ring (bicyclic) bond motifs is 1. The van der Waals surface area contributed by atoms with Crippen LogP contribution in [0, 0.1) is 0 Å². The van der Waals surface area contributed by atoms with Gasteiger partial charge in [-0.2, -0.15) is 0 Å². The first-order chi connectivity index (χ1) is 8.60. The number of carboxylic acids is 1. The molecule has 1 aromatic carbocycles. The molecule has 2 rings (SSSR count). The van der Waals surface area contributed by atoms with Crippen LogP contribution in [0.5, 0.6) is 5.75 Å². The highest BCUT2D eigenvalue weighted by molar-refractivity contribution is 6.32. The number of benzene rings is 1. The Kier molecular flexibility index (Phi) is 3.67. The van der Waals surface area contributed by atoms with Crippen molar-refractivity contribution in [1.82, 2.24) is 4.98 Å². The summed E-state index contributed by atoms with van der Waals surface area (Å²) in [5, 5.41) is 10.0. The Morgan fingerprint density at radius 1 is 1.44 bits per heavy atom. The Morgan fingerprint density at radius 2 is 2.22 bits per heavy atom. The average molecular weight is 266 g/mol. The molecule has 18 heavy (non-hydrogen) atoms. The Bertz CT molecular complexity index is 598. The first-order valence-corrected chi connectivity index (χ1v) is 5.83. The van der Waals surface area contributed by atoms with Gasteiger partial charge in [0.2, 0.25) is 0 Å². The van der Waals surface area contributed by atoms with Gasteiger partial charge in [0.15, 0.2) is 0 Å². The maximum Gasteiger partial charge on any atom is 0.303 e. The Labute approximate surface area is 109 Å². The fourth-order valence-corrected chi connectivity index (χ4v) is 1.93. The van der Waals surface area contributed by atoms with Crippen molar-refractivity contribution < 1.29 is 14.6 Å². The second-order valence-electron chi connectivity index (χ2n) is 3.88. The molecule has 0 fully saturated rings. The topological polar surface area (TPSA) is 59.4 Å². The van der Waals surface area contributed by atoms with E-state index in [2.05, 4.69) is 4.98 Å². The van der Waals surface area contributed by atoms with E-state index in [1.807, 2.05) is 18.2 Å². The largest absolute Gasteiger partial charge is 0.495 e. The lowest BCUT2D eigenvalue weighted by Crippen LogP contribution is -1.99. The van der Waals surface area contributed by atoms with Crippen molar-refractivity contribution in [1.29, 1.82) is 0 Å². The number of pyridine rings is 1. The molecule has 0 aliphatic rings. The first kappa shape index (κ1) is 12.6. The fourth-order valence-electron chi connectivity index (χ4n) is 1.70. The van der Waals surface area contributed by atoms with E-state index in [1.165, 1.54) is 0 Å². The van der Waals surface area contributed by atoms with Crippen LogP contribution >= 0.6 is 11.6 Å². The van der Waals surface area contributed by atoms with Crippen LogP contribution in [-0.2, 0) is 11.2 Å². The molecule has 0 amide bonds. The molecule has 4 nitrogen and oxygen atoms in total. The van der Waals surface area contributed by atoms with E-state index in [1.54, 1.807) is 13.2 Å². The van der Waals surface area contributed by atoms with Crippen LogP contribution in [0.2, 0.25) is 5.02 Å². The highest BCUT2D eigenvalue weighted by atomic mass is 35.5. The second kappa shape index (κ2) is 5.23. The van der Waals surface area contributed by atoms with E-state index in [-0.39, 0.29) is 6.42 Å². The van der Waals surface area contributed by atoms with Gasteiger partial charge in [0.05, 0.1) is 24.1 Å². The lowest BCUT2D eigenvalue weighted by Gasteiger charge is -2.06. The number of halogens is 1. The molecule has 0 bridgehead atoms. The van der Waals surface area contributed by atoms with Crippen LogP contribution in [0.1, 0.15) is 12.1 Å². The summed E-state index contributed by atoms with van der Waals surface area (Å²) >= 11 is 6.02.